The highest BCUT2D eigenvalue weighted by atomic mass is 32.2. The number of hydrogen-bond donors (Lipinski definition) is 5. The van der Waals surface area contributed by atoms with Gasteiger partial charge in [-0.1, -0.05) is 9.67 Å². The second-order valence-electron chi connectivity index (χ2n) is 9.47. The van der Waals surface area contributed by atoms with Crippen molar-refractivity contribution < 1.29 is 38.7 Å². The van der Waals surface area contributed by atoms with Crippen molar-refractivity contribution in [2.24, 2.45) is 5.16 Å². The van der Waals surface area contributed by atoms with Gasteiger partial charge in [-0.2, -0.15) is 5.10 Å². The van der Waals surface area contributed by atoms with Crippen LogP contribution in [0.4, 0.5) is 5.13 Å². The zero-order chi connectivity index (χ0) is 28.8. The van der Waals surface area contributed by atoms with Gasteiger partial charge >= 0.3 is 11.9 Å². The van der Waals surface area contributed by atoms with E-state index < -0.39 is 40.8 Å². The van der Waals surface area contributed by atoms with Gasteiger partial charge in [-0.05, 0) is 25.5 Å². The summed E-state index contributed by atoms with van der Waals surface area (Å²) in [4.78, 5) is 60.4. The molecule has 5 heterocycles. The largest absolute Gasteiger partial charge is 0.478 e. The SMILES string of the molecule is CC(C)(O/N=C(\C(=O)N[C@@H]1C(=O)N2C(C(=O)O)=C(Cc3c[nH][n+]4ccccc34)CS[C@H]12)c1csc(N)n1)C(=O)O. The third kappa shape index (κ3) is 4.86. The number of rotatable bonds is 9. The molecule has 16 heteroatoms. The molecular formula is C24H24N7O7S2+. The lowest BCUT2D eigenvalue weighted by atomic mass is 9.99. The summed E-state index contributed by atoms with van der Waals surface area (Å²) in [5.74, 6) is -3.68. The van der Waals surface area contributed by atoms with E-state index in [9.17, 15) is 29.4 Å². The van der Waals surface area contributed by atoms with E-state index in [0.717, 1.165) is 22.4 Å². The van der Waals surface area contributed by atoms with Crippen molar-refractivity contribution in [2.45, 2.75) is 37.3 Å². The Morgan fingerprint density at radius 1 is 1.35 bits per heavy atom. The Morgan fingerprint density at radius 3 is 2.80 bits per heavy atom. The molecule has 208 valence electrons. The Labute approximate surface area is 234 Å². The number of aromatic nitrogens is 3. The fraction of sp³-hybridized carbons (Fsp3) is 0.292. The number of nitrogens with two attached hydrogens (primary N) is 1. The summed E-state index contributed by atoms with van der Waals surface area (Å²) < 4.78 is 1.81. The van der Waals surface area contributed by atoms with Crippen LogP contribution in [-0.4, -0.2) is 77.4 Å². The first-order valence-corrected chi connectivity index (χ1v) is 13.8. The van der Waals surface area contributed by atoms with Gasteiger partial charge in [0.1, 0.15) is 22.8 Å². The van der Waals surface area contributed by atoms with Crippen LogP contribution in [0.2, 0.25) is 0 Å². The first kappa shape index (κ1) is 27.1. The first-order chi connectivity index (χ1) is 19.0. The van der Waals surface area contributed by atoms with Crippen molar-refractivity contribution >= 4 is 63.2 Å². The van der Waals surface area contributed by atoms with Crippen LogP contribution in [0.15, 0.2) is 52.4 Å². The molecule has 0 bridgehead atoms. The minimum atomic E-state index is -1.75. The number of amides is 2. The molecule has 2 aliphatic heterocycles. The molecule has 0 spiro atoms. The highest BCUT2D eigenvalue weighted by Crippen LogP contribution is 2.41. The lowest BCUT2D eigenvalue weighted by molar-refractivity contribution is -0.576. The number of nitrogens with one attached hydrogen (secondary N) is 2. The van der Waals surface area contributed by atoms with Crippen LogP contribution >= 0.6 is 23.1 Å². The summed E-state index contributed by atoms with van der Waals surface area (Å²) in [5, 5.41) is 29.6. The summed E-state index contributed by atoms with van der Waals surface area (Å²) in [5.41, 5.74) is 5.81. The number of aromatic amines is 1. The summed E-state index contributed by atoms with van der Waals surface area (Å²) in [6.45, 7) is 2.50. The van der Waals surface area contributed by atoms with Gasteiger partial charge in [-0.3, -0.25) is 14.5 Å². The molecule has 1 fully saturated rings. The first-order valence-electron chi connectivity index (χ1n) is 11.9. The maximum atomic E-state index is 13.2. The van der Waals surface area contributed by atoms with Gasteiger partial charge in [-0.25, -0.2) is 14.6 Å². The van der Waals surface area contributed by atoms with Gasteiger partial charge < -0.3 is 26.1 Å². The number of β-lactam (4-membered cyclic amide) rings is 1. The van der Waals surface area contributed by atoms with Gasteiger partial charge in [0.05, 0.1) is 11.8 Å². The number of anilines is 1. The smallest absolute Gasteiger partial charge is 0.352 e. The summed E-state index contributed by atoms with van der Waals surface area (Å²) in [6, 6.07) is 4.60. The molecule has 1 saturated heterocycles. The van der Waals surface area contributed by atoms with E-state index in [4.69, 9.17) is 10.6 Å². The second kappa shape index (κ2) is 10.3. The Balaban J connectivity index is 1.37. The molecule has 5 rings (SSSR count). The average molecular weight is 587 g/mol. The molecule has 2 amide bonds. The Kier molecular flexibility index (Phi) is 6.97. The number of aliphatic carboxylic acids is 2. The topological polar surface area (TPSA) is 204 Å². The number of H-pyrrole nitrogens is 1. The maximum Gasteiger partial charge on any atom is 0.352 e. The van der Waals surface area contributed by atoms with E-state index in [1.807, 2.05) is 28.9 Å². The molecular weight excluding hydrogens is 562 g/mol. The number of carbonyl (C=O) groups excluding carboxylic acids is 2. The van der Waals surface area contributed by atoms with Crippen LogP contribution in [0.5, 0.6) is 0 Å². The average Bonchev–Trinajstić information content (AvgIpc) is 3.53. The molecule has 14 nitrogen and oxygen atoms in total. The predicted octanol–water partition coefficient (Wildman–Crippen LogP) is 0.357. The number of pyridine rings is 1. The number of fused-ring (bicyclic) bond motifs is 2. The summed E-state index contributed by atoms with van der Waals surface area (Å²) in [7, 11) is 0. The third-order valence-corrected chi connectivity index (χ3v) is 8.38. The lowest BCUT2D eigenvalue weighted by Gasteiger charge is -2.49. The van der Waals surface area contributed by atoms with E-state index in [2.05, 4.69) is 20.6 Å². The quantitative estimate of drug-likeness (QED) is 0.101. The molecule has 2 aliphatic rings. The fourth-order valence-corrected chi connectivity index (χ4v) is 6.13. The van der Waals surface area contributed by atoms with Crippen molar-refractivity contribution in [1.82, 2.24) is 20.3 Å². The number of thiazole rings is 1. The number of oxime groups is 1. The number of thioether (sulfide) groups is 1. The number of carboxylic acids is 2. The number of nitrogens with zero attached hydrogens (tertiary/aromatic N) is 4. The van der Waals surface area contributed by atoms with Crippen LogP contribution in [-0.2, 0) is 30.4 Å². The van der Waals surface area contributed by atoms with Crippen LogP contribution in [0.25, 0.3) is 5.52 Å². The lowest BCUT2D eigenvalue weighted by Crippen LogP contribution is -2.71. The van der Waals surface area contributed by atoms with Crippen LogP contribution in [0, 0.1) is 0 Å². The summed E-state index contributed by atoms with van der Waals surface area (Å²) >= 11 is 2.36. The Bertz CT molecular complexity index is 1610. The van der Waals surface area contributed by atoms with Crippen molar-refractivity contribution in [3.8, 4) is 0 Å². The van der Waals surface area contributed by atoms with Gasteiger partial charge in [-0.15, -0.1) is 23.1 Å². The van der Waals surface area contributed by atoms with Gasteiger partial charge in [0.15, 0.2) is 17.0 Å². The fourth-order valence-electron chi connectivity index (χ4n) is 4.24. The normalized spacial score (nSPS) is 19.3. The highest BCUT2D eigenvalue weighted by Gasteiger charge is 2.54. The van der Waals surface area contributed by atoms with Crippen molar-refractivity contribution in [3.05, 3.63) is 58.5 Å². The monoisotopic (exact) mass is 586 g/mol. The molecule has 2 atom stereocenters. The number of carbonyl (C=O) groups is 4. The zero-order valence-electron chi connectivity index (χ0n) is 21.2. The van der Waals surface area contributed by atoms with Crippen LogP contribution in [0.1, 0.15) is 25.1 Å². The third-order valence-electron chi connectivity index (χ3n) is 6.37. The summed E-state index contributed by atoms with van der Waals surface area (Å²) in [6.07, 6.45) is 3.95. The zero-order valence-corrected chi connectivity index (χ0v) is 22.8. The molecule has 0 aromatic carbocycles. The van der Waals surface area contributed by atoms with E-state index in [1.54, 1.807) is 6.20 Å². The Morgan fingerprint density at radius 2 is 2.12 bits per heavy atom. The minimum absolute atomic E-state index is 0.0334. The van der Waals surface area contributed by atoms with Crippen molar-refractivity contribution in [2.75, 3.05) is 11.5 Å². The van der Waals surface area contributed by atoms with E-state index in [1.165, 1.54) is 35.9 Å². The molecule has 3 aromatic rings. The van der Waals surface area contributed by atoms with Gasteiger partial charge in [0.25, 0.3) is 11.8 Å². The number of carboxylic acid groups (broad SMARTS) is 2. The van der Waals surface area contributed by atoms with Crippen LogP contribution in [0.3, 0.4) is 0 Å². The molecule has 6 N–H and O–H groups in total. The van der Waals surface area contributed by atoms with Crippen LogP contribution < -0.4 is 15.6 Å². The molecule has 40 heavy (non-hydrogen) atoms. The van der Waals surface area contributed by atoms with Gasteiger partial charge in [0, 0.05) is 29.7 Å². The van der Waals surface area contributed by atoms with Crippen molar-refractivity contribution in [1.29, 1.82) is 0 Å². The van der Waals surface area contributed by atoms with E-state index in [-0.39, 0.29) is 22.2 Å². The predicted molar refractivity (Wildman–Crippen MR) is 143 cm³/mol. The second-order valence-corrected chi connectivity index (χ2v) is 11.5. The molecule has 3 aromatic heterocycles. The molecule has 0 radical (unpaired) electrons. The molecule has 0 unspecified atom stereocenters. The van der Waals surface area contributed by atoms with Gasteiger partial charge in [0.2, 0.25) is 11.1 Å². The molecule has 0 saturated carbocycles. The number of hydrogen-bond acceptors (Lipinski definition) is 10. The number of nitrogen functional groups attached to an aromatic ring is 1. The maximum absolute atomic E-state index is 13.2. The Hall–Kier alpha value is -4.44. The molecule has 0 aliphatic carbocycles. The van der Waals surface area contributed by atoms with E-state index >= 15 is 0 Å². The van der Waals surface area contributed by atoms with Crippen molar-refractivity contribution in [3.63, 3.8) is 0 Å². The van der Waals surface area contributed by atoms with E-state index in [0.29, 0.717) is 17.7 Å². The minimum Gasteiger partial charge on any atom is -0.478 e. The standard InChI is InChI=1S/C24H23N7O7S2/c1-24(2,22(36)37)38-29-15(13-10-40-23(25)27-13)18(32)28-16-19(33)31-17(21(34)35)12(9-39-20(16)31)7-11-8-26-30-6-4-3-5-14(11)30/h3-6,8,10,16,20H,7,9H2,1-2H3,(H5,25,27,28,32,34,35,36,37)/p+1/b29-15-/t16-,20-/m1/s1. The highest BCUT2D eigenvalue weighted by molar-refractivity contribution is 8.00.